The maximum Gasteiger partial charge on any atom is 0.369 e. The fourth-order valence-corrected chi connectivity index (χ4v) is 2.05. The van der Waals surface area contributed by atoms with Crippen molar-refractivity contribution in [2.24, 2.45) is 5.92 Å². The van der Waals surface area contributed by atoms with Crippen molar-refractivity contribution in [3.8, 4) is 0 Å². The zero-order valence-electron chi connectivity index (χ0n) is 13.8. The minimum absolute atomic E-state index is 0.0973. The molecule has 0 bridgehead atoms. The second kappa shape index (κ2) is 15.8. The lowest BCUT2D eigenvalue weighted by atomic mass is 10.0. The first-order valence-corrected chi connectivity index (χ1v) is 8.11. The van der Waals surface area contributed by atoms with E-state index in [-0.39, 0.29) is 19.6 Å². The maximum atomic E-state index is 11.7. The van der Waals surface area contributed by atoms with Gasteiger partial charge in [0.05, 0.1) is 19.8 Å². The Morgan fingerprint density at radius 2 is 1.25 bits per heavy atom. The lowest BCUT2D eigenvalue weighted by Crippen LogP contribution is -2.25. The number of unbranched alkanes of at least 4 members (excludes halogenated alkanes) is 5. The Morgan fingerprint density at radius 3 is 1.79 bits per heavy atom. The first-order valence-electron chi connectivity index (χ1n) is 8.11. The molecule has 0 aliphatic heterocycles. The van der Waals surface area contributed by atoms with Gasteiger partial charge in [-0.1, -0.05) is 19.3 Å². The summed E-state index contributed by atoms with van der Waals surface area (Å²) >= 11 is 0. The van der Waals surface area contributed by atoms with Gasteiger partial charge in [0.1, 0.15) is 0 Å². The molecule has 0 N–H and O–H groups in total. The van der Waals surface area contributed by atoms with Gasteiger partial charge in [0.2, 0.25) is 0 Å². The van der Waals surface area contributed by atoms with Crippen LogP contribution in [0.15, 0.2) is 0 Å². The zero-order valence-corrected chi connectivity index (χ0v) is 13.8. The summed E-state index contributed by atoms with van der Waals surface area (Å²) in [5, 5.41) is 11.0. The Balaban J connectivity index is 3.73. The molecule has 0 aromatic heterocycles. The van der Waals surface area contributed by atoms with Crippen molar-refractivity contribution in [1.82, 2.24) is 0 Å². The standard InChI is InChI=1S/C16H25O8/c17-12-22-9-5-2-1-3-6-11-24-16(21)14(15(19)20)8-4-7-10-23-13-18/h12-14H,1-11H2. The molecule has 0 aromatic rings. The van der Waals surface area contributed by atoms with Crippen molar-refractivity contribution >= 4 is 24.9 Å². The molecule has 0 saturated heterocycles. The van der Waals surface area contributed by atoms with Gasteiger partial charge in [-0.15, -0.1) is 0 Å². The second-order valence-electron chi connectivity index (χ2n) is 5.24. The number of esters is 1. The Bertz CT molecular complexity index is 369. The van der Waals surface area contributed by atoms with Gasteiger partial charge in [0.15, 0.2) is 5.92 Å². The molecule has 1 radical (unpaired) electrons. The predicted molar refractivity (Wildman–Crippen MR) is 81.1 cm³/mol. The van der Waals surface area contributed by atoms with Gasteiger partial charge in [0, 0.05) is 0 Å². The highest BCUT2D eigenvalue weighted by molar-refractivity contribution is 5.93. The first kappa shape index (κ1) is 21.9. The van der Waals surface area contributed by atoms with Crippen LogP contribution >= 0.6 is 0 Å². The summed E-state index contributed by atoms with van der Waals surface area (Å²) < 4.78 is 14.0. The van der Waals surface area contributed by atoms with Gasteiger partial charge < -0.3 is 14.2 Å². The van der Waals surface area contributed by atoms with E-state index in [0.29, 0.717) is 38.8 Å². The van der Waals surface area contributed by atoms with E-state index in [2.05, 4.69) is 9.47 Å². The molecule has 0 aliphatic carbocycles. The van der Waals surface area contributed by atoms with E-state index in [4.69, 9.17) is 4.74 Å². The van der Waals surface area contributed by atoms with Gasteiger partial charge in [0.25, 0.3) is 12.9 Å². The molecular formula is C16H25O8. The van der Waals surface area contributed by atoms with Gasteiger partial charge >= 0.3 is 11.9 Å². The minimum atomic E-state index is -1.45. The van der Waals surface area contributed by atoms with Gasteiger partial charge in [-0.25, -0.2) is 9.90 Å². The normalized spacial score (nSPS) is 11.3. The van der Waals surface area contributed by atoms with E-state index in [0.717, 1.165) is 25.7 Å². The SMILES string of the molecule is [O]C(=O)C(CCCCOC=O)C(=O)OCCCCCCCOC=O. The predicted octanol–water partition coefficient (Wildman–Crippen LogP) is 1.57. The molecule has 8 nitrogen and oxygen atoms in total. The van der Waals surface area contributed by atoms with E-state index in [1.807, 2.05) is 0 Å². The van der Waals surface area contributed by atoms with Crippen molar-refractivity contribution in [2.75, 3.05) is 19.8 Å². The summed E-state index contributed by atoms with van der Waals surface area (Å²) in [6, 6.07) is 0. The molecule has 137 valence electrons. The molecule has 0 saturated carbocycles. The number of ether oxygens (including phenoxy) is 3. The Labute approximate surface area is 141 Å². The summed E-state index contributed by atoms with van der Waals surface area (Å²) in [4.78, 5) is 42.6. The number of hydrogen-bond acceptors (Lipinski definition) is 7. The summed E-state index contributed by atoms with van der Waals surface area (Å²) in [6.07, 6.45) is 5.10. The van der Waals surface area contributed by atoms with E-state index in [1.165, 1.54) is 0 Å². The van der Waals surface area contributed by atoms with Crippen LogP contribution in [0.2, 0.25) is 0 Å². The molecule has 0 amide bonds. The van der Waals surface area contributed by atoms with Crippen LogP contribution in [-0.2, 0) is 38.5 Å². The molecule has 0 heterocycles. The third-order valence-electron chi connectivity index (χ3n) is 3.36. The van der Waals surface area contributed by atoms with Crippen molar-refractivity contribution in [3.05, 3.63) is 0 Å². The molecule has 1 atom stereocenters. The lowest BCUT2D eigenvalue weighted by Gasteiger charge is -2.11. The molecule has 8 heteroatoms. The maximum absolute atomic E-state index is 11.7. The summed E-state index contributed by atoms with van der Waals surface area (Å²) in [7, 11) is 0. The van der Waals surface area contributed by atoms with Gasteiger partial charge in [-0.2, -0.15) is 0 Å². The molecule has 1 unspecified atom stereocenters. The third kappa shape index (κ3) is 12.4. The summed E-state index contributed by atoms with van der Waals surface area (Å²) in [5.41, 5.74) is 0. The fourth-order valence-electron chi connectivity index (χ4n) is 2.05. The topological polar surface area (TPSA) is 116 Å². The molecule has 0 spiro atoms. The molecule has 0 fully saturated rings. The smallest absolute Gasteiger partial charge is 0.369 e. The summed E-state index contributed by atoms with van der Waals surface area (Å²) in [6.45, 7) is 1.50. The number of carbonyl (C=O) groups is 4. The quantitative estimate of drug-likeness (QED) is 0.129. The largest absolute Gasteiger partial charge is 0.468 e. The average Bonchev–Trinajstić information content (AvgIpc) is 2.56. The third-order valence-corrected chi connectivity index (χ3v) is 3.36. The van der Waals surface area contributed by atoms with Crippen LogP contribution in [0.4, 0.5) is 0 Å². The van der Waals surface area contributed by atoms with Crippen LogP contribution in [0.25, 0.3) is 0 Å². The lowest BCUT2D eigenvalue weighted by molar-refractivity contribution is -0.162. The van der Waals surface area contributed by atoms with E-state index in [1.54, 1.807) is 0 Å². The van der Waals surface area contributed by atoms with Crippen LogP contribution in [0, 0.1) is 5.92 Å². The highest BCUT2D eigenvalue weighted by Crippen LogP contribution is 2.12. The van der Waals surface area contributed by atoms with Gasteiger partial charge in [-0.3, -0.25) is 14.4 Å². The minimum Gasteiger partial charge on any atom is -0.468 e. The average molecular weight is 345 g/mol. The van der Waals surface area contributed by atoms with Crippen molar-refractivity contribution in [2.45, 2.75) is 51.4 Å². The summed E-state index contributed by atoms with van der Waals surface area (Å²) in [5.74, 6) is -3.53. The van der Waals surface area contributed by atoms with Crippen LogP contribution < -0.4 is 0 Å². The van der Waals surface area contributed by atoms with Crippen molar-refractivity contribution in [1.29, 1.82) is 0 Å². The van der Waals surface area contributed by atoms with Crippen LogP contribution in [0.5, 0.6) is 0 Å². The first-order chi connectivity index (χ1) is 11.6. The fraction of sp³-hybridized carbons (Fsp3) is 0.750. The molecule has 0 rings (SSSR count). The van der Waals surface area contributed by atoms with Crippen LogP contribution in [-0.4, -0.2) is 44.7 Å². The number of carbonyl (C=O) groups excluding carboxylic acids is 4. The monoisotopic (exact) mass is 345 g/mol. The molecular weight excluding hydrogens is 320 g/mol. The molecule has 0 aliphatic rings. The number of rotatable bonds is 17. The van der Waals surface area contributed by atoms with E-state index in [9.17, 15) is 24.3 Å². The second-order valence-corrected chi connectivity index (χ2v) is 5.24. The van der Waals surface area contributed by atoms with Crippen LogP contribution in [0.3, 0.4) is 0 Å². The number of hydrogen-bond donors (Lipinski definition) is 0. The van der Waals surface area contributed by atoms with Gasteiger partial charge in [-0.05, 0) is 32.1 Å². The zero-order chi connectivity index (χ0) is 18.0. The Morgan fingerprint density at radius 1 is 0.750 bits per heavy atom. The molecule has 0 aromatic carbocycles. The van der Waals surface area contributed by atoms with Crippen LogP contribution in [0.1, 0.15) is 51.4 Å². The Kier molecular flexibility index (Phi) is 14.4. The van der Waals surface area contributed by atoms with Crippen molar-refractivity contribution in [3.63, 3.8) is 0 Å². The Hall–Kier alpha value is -2.12. The van der Waals surface area contributed by atoms with E-state index >= 15 is 0 Å². The van der Waals surface area contributed by atoms with E-state index < -0.39 is 17.9 Å². The highest BCUT2D eigenvalue weighted by atomic mass is 16.5. The van der Waals surface area contributed by atoms with Crippen molar-refractivity contribution < 1.29 is 38.5 Å². The highest BCUT2D eigenvalue weighted by Gasteiger charge is 2.28. The molecule has 24 heavy (non-hydrogen) atoms.